The Bertz CT molecular complexity index is 1160. The predicted octanol–water partition coefficient (Wildman–Crippen LogP) is 3.89. The van der Waals surface area contributed by atoms with Crippen LogP contribution in [0, 0.1) is 0 Å². The van der Waals surface area contributed by atoms with Crippen LogP contribution in [0.15, 0.2) is 60.0 Å². The van der Waals surface area contributed by atoms with E-state index in [-0.39, 0.29) is 6.04 Å². The summed E-state index contributed by atoms with van der Waals surface area (Å²) in [5.41, 5.74) is 3.49. The van der Waals surface area contributed by atoms with E-state index in [0.29, 0.717) is 6.54 Å². The van der Waals surface area contributed by atoms with Crippen molar-refractivity contribution < 1.29 is 9.47 Å². The zero-order chi connectivity index (χ0) is 21.2. The number of ether oxygens (including phenoxy) is 2. The molecule has 1 aliphatic heterocycles. The van der Waals surface area contributed by atoms with Crippen molar-refractivity contribution in [2.24, 2.45) is 0 Å². The molecule has 0 saturated heterocycles. The second-order valence-electron chi connectivity index (χ2n) is 7.39. The Labute approximate surface area is 184 Å². The van der Waals surface area contributed by atoms with Crippen molar-refractivity contribution in [3.8, 4) is 17.2 Å². The summed E-state index contributed by atoms with van der Waals surface area (Å²) in [6.07, 6.45) is 0.921. The van der Waals surface area contributed by atoms with Crippen LogP contribution in [0.1, 0.15) is 27.9 Å². The van der Waals surface area contributed by atoms with Crippen LogP contribution in [0.25, 0.3) is 5.69 Å². The highest BCUT2D eigenvalue weighted by Gasteiger charge is 2.32. The fourth-order valence-corrected chi connectivity index (χ4v) is 5.08. The molecule has 0 bridgehead atoms. The SMILES string of the molecule is COc1cc2c(cc1OC)[C@H](c1cccs1)N(Cc1nnnn1-c1ccccc1)CC2. The molecule has 4 aromatic rings. The van der Waals surface area contributed by atoms with Crippen LogP contribution in [0.4, 0.5) is 0 Å². The average Bonchev–Trinajstić information content (AvgIpc) is 3.51. The molecule has 0 fully saturated rings. The Morgan fingerprint density at radius 2 is 1.84 bits per heavy atom. The van der Waals surface area contributed by atoms with Crippen LogP contribution in [0.5, 0.6) is 11.5 Å². The molecular weight excluding hydrogens is 410 g/mol. The lowest BCUT2D eigenvalue weighted by atomic mass is 9.91. The maximum atomic E-state index is 5.61. The van der Waals surface area contributed by atoms with Gasteiger partial charge >= 0.3 is 0 Å². The normalized spacial score (nSPS) is 16.1. The molecule has 158 valence electrons. The molecule has 0 amide bonds. The van der Waals surface area contributed by atoms with Crippen LogP contribution in [0.2, 0.25) is 0 Å². The number of nitrogens with zero attached hydrogens (tertiary/aromatic N) is 5. The molecule has 5 rings (SSSR count). The van der Waals surface area contributed by atoms with E-state index in [2.05, 4.69) is 50.1 Å². The molecule has 2 aromatic heterocycles. The van der Waals surface area contributed by atoms with Gasteiger partial charge in [-0.05, 0) is 63.7 Å². The predicted molar refractivity (Wildman–Crippen MR) is 119 cm³/mol. The molecule has 31 heavy (non-hydrogen) atoms. The fourth-order valence-electron chi connectivity index (χ4n) is 4.20. The maximum absolute atomic E-state index is 5.61. The minimum absolute atomic E-state index is 0.101. The Morgan fingerprint density at radius 3 is 2.58 bits per heavy atom. The van der Waals surface area contributed by atoms with Crippen LogP contribution in [-0.2, 0) is 13.0 Å². The minimum Gasteiger partial charge on any atom is -0.493 e. The van der Waals surface area contributed by atoms with Crippen molar-refractivity contribution in [2.75, 3.05) is 20.8 Å². The number of tetrazole rings is 1. The molecule has 0 N–H and O–H groups in total. The Hall–Kier alpha value is -3.23. The number of rotatable bonds is 6. The number of thiophene rings is 1. The van der Waals surface area contributed by atoms with Gasteiger partial charge in [0.05, 0.1) is 32.5 Å². The number of benzene rings is 2. The summed E-state index contributed by atoms with van der Waals surface area (Å²) in [5.74, 6) is 2.34. The zero-order valence-corrected chi connectivity index (χ0v) is 18.2. The lowest BCUT2D eigenvalue weighted by molar-refractivity contribution is 0.199. The third-order valence-corrected chi connectivity index (χ3v) is 6.59. The standard InChI is InChI=1S/C23H23N5O2S/c1-29-19-13-16-10-11-27(15-22-24-25-26-28(22)17-7-4-3-5-8-17)23(21-9-6-12-31-21)18(16)14-20(19)30-2/h3-9,12-14,23H,10-11,15H2,1-2H3/t23-/m1/s1. The Balaban J connectivity index is 1.54. The summed E-state index contributed by atoms with van der Waals surface area (Å²) in [7, 11) is 3.36. The van der Waals surface area contributed by atoms with Gasteiger partial charge in [0.1, 0.15) is 0 Å². The Kier molecular flexibility index (Phi) is 5.40. The van der Waals surface area contributed by atoms with Gasteiger partial charge in [-0.15, -0.1) is 16.4 Å². The summed E-state index contributed by atoms with van der Waals surface area (Å²) < 4.78 is 13.0. The smallest absolute Gasteiger partial charge is 0.170 e. The molecule has 0 radical (unpaired) electrons. The molecular formula is C23H23N5O2S. The Morgan fingerprint density at radius 1 is 1.03 bits per heavy atom. The number of para-hydroxylation sites is 1. The molecule has 1 atom stereocenters. The highest BCUT2D eigenvalue weighted by atomic mass is 32.1. The fraction of sp³-hybridized carbons (Fsp3) is 0.261. The molecule has 1 aliphatic rings. The van der Waals surface area contributed by atoms with Gasteiger partial charge in [-0.2, -0.15) is 4.68 Å². The maximum Gasteiger partial charge on any atom is 0.170 e. The third kappa shape index (κ3) is 3.68. The number of hydrogen-bond acceptors (Lipinski definition) is 7. The van der Waals surface area contributed by atoms with E-state index in [4.69, 9.17) is 9.47 Å². The van der Waals surface area contributed by atoms with Gasteiger partial charge in [0.25, 0.3) is 0 Å². The van der Waals surface area contributed by atoms with Crippen LogP contribution in [0.3, 0.4) is 0 Å². The van der Waals surface area contributed by atoms with Gasteiger partial charge in [0.15, 0.2) is 17.3 Å². The molecule has 7 nitrogen and oxygen atoms in total. The molecule has 0 aliphatic carbocycles. The lowest BCUT2D eigenvalue weighted by Crippen LogP contribution is -2.36. The minimum atomic E-state index is 0.101. The summed E-state index contributed by atoms with van der Waals surface area (Å²) in [4.78, 5) is 3.72. The van der Waals surface area contributed by atoms with Gasteiger partial charge in [-0.25, -0.2) is 0 Å². The molecule has 2 aromatic carbocycles. The highest BCUT2D eigenvalue weighted by Crippen LogP contribution is 2.42. The van der Waals surface area contributed by atoms with Gasteiger partial charge in [-0.1, -0.05) is 24.3 Å². The van der Waals surface area contributed by atoms with E-state index >= 15 is 0 Å². The van der Waals surface area contributed by atoms with E-state index in [1.807, 2.05) is 35.0 Å². The van der Waals surface area contributed by atoms with Crippen molar-refractivity contribution >= 4 is 11.3 Å². The second-order valence-corrected chi connectivity index (χ2v) is 8.37. The molecule has 0 saturated carbocycles. The van der Waals surface area contributed by atoms with Gasteiger partial charge < -0.3 is 9.47 Å². The van der Waals surface area contributed by atoms with Gasteiger partial charge in [0.2, 0.25) is 0 Å². The van der Waals surface area contributed by atoms with E-state index in [1.54, 1.807) is 25.6 Å². The first kappa shape index (κ1) is 19.7. The number of fused-ring (bicyclic) bond motifs is 1. The van der Waals surface area contributed by atoms with Crippen LogP contribution < -0.4 is 9.47 Å². The van der Waals surface area contributed by atoms with Crippen molar-refractivity contribution in [1.29, 1.82) is 0 Å². The molecule has 3 heterocycles. The topological polar surface area (TPSA) is 65.3 Å². The average molecular weight is 434 g/mol. The third-order valence-electron chi connectivity index (χ3n) is 5.67. The molecule has 0 spiro atoms. The second kappa shape index (κ2) is 8.49. The quantitative estimate of drug-likeness (QED) is 0.460. The van der Waals surface area contributed by atoms with Crippen molar-refractivity contribution in [1.82, 2.24) is 25.1 Å². The molecule has 0 unspecified atom stereocenters. The first-order chi connectivity index (χ1) is 15.3. The van der Waals surface area contributed by atoms with Gasteiger partial charge in [-0.3, -0.25) is 4.90 Å². The summed E-state index contributed by atoms with van der Waals surface area (Å²) >= 11 is 1.76. The summed E-state index contributed by atoms with van der Waals surface area (Å²) in [6.45, 7) is 1.53. The van der Waals surface area contributed by atoms with E-state index in [0.717, 1.165) is 36.0 Å². The summed E-state index contributed by atoms with van der Waals surface area (Å²) in [5, 5.41) is 14.6. The first-order valence-corrected chi connectivity index (χ1v) is 11.0. The van der Waals surface area contributed by atoms with E-state index < -0.39 is 0 Å². The van der Waals surface area contributed by atoms with E-state index in [1.165, 1.54) is 16.0 Å². The highest BCUT2D eigenvalue weighted by molar-refractivity contribution is 7.10. The number of aromatic nitrogens is 4. The first-order valence-electron chi connectivity index (χ1n) is 10.1. The largest absolute Gasteiger partial charge is 0.493 e. The van der Waals surface area contributed by atoms with Crippen LogP contribution in [-0.4, -0.2) is 45.9 Å². The van der Waals surface area contributed by atoms with Crippen LogP contribution >= 0.6 is 11.3 Å². The van der Waals surface area contributed by atoms with Crippen molar-refractivity contribution in [3.05, 3.63) is 81.8 Å². The van der Waals surface area contributed by atoms with Crippen molar-refractivity contribution in [2.45, 2.75) is 19.0 Å². The van der Waals surface area contributed by atoms with Crippen molar-refractivity contribution in [3.63, 3.8) is 0 Å². The zero-order valence-electron chi connectivity index (χ0n) is 17.4. The van der Waals surface area contributed by atoms with Gasteiger partial charge in [0, 0.05) is 11.4 Å². The van der Waals surface area contributed by atoms with E-state index in [9.17, 15) is 0 Å². The number of hydrogen-bond donors (Lipinski definition) is 0. The molecule has 8 heteroatoms. The summed E-state index contributed by atoms with van der Waals surface area (Å²) in [6, 6.07) is 18.6. The monoisotopic (exact) mass is 433 g/mol. The lowest BCUT2D eigenvalue weighted by Gasteiger charge is -2.37. The number of methoxy groups -OCH3 is 2.